The number of hydrogen-bond acceptors (Lipinski definition) is 2. The smallest absolute Gasteiger partial charge is 0.181 e. The Bertz CT molecular complexity index is 607. The number of ketones is 1. The van der Waals surface area contributed by atoms with E-state index in [1.807, 2.05) is 32.0 Å². The van der Waals surface area contributed by atoms with Crippen molar-refractivity contribution in [1.82, 2.24) is 0 Å². The average molecular weight is 257 g/mol. The van der Waals surface area contributed by atoms with Gasteiger partial charge in [-0.3, -0.25) is 4.79 Å². The van der Waals surface area contributed by atoms with E-state index in [0.717, 1.165) is 11.1 Å². The molecule has 0 unspecified atom stereocenters. The molecular formula is C16H16FNO. The summed E-state index contributed by atoms with van der Waals surface area (Å²) in [5.74, 6) is -0.323. The summed E-state index contributed by atoms with van der Waals surface area (Å²) in [6, 6.07) is 11.7. The van der Waals surface area contributed by atoms with Gasteiger partial charge in [0.2, 0.25) is 0 Å². The lowest BCUT2D eigenvalue weighted by atomic mass is 10.0. The van der Waals surface area contributed by atoms with E-state index >= 15 is 0 Å². The van der Waals surface area contributed by atoms with Gasteiger partial charge in [0, 0.05) is 11.3 Å². The van der Waals surface area contributed by atoms with Crippen LogP contribution in [-0.4, -0.2) is 12.3 Å². The van der Waals surface area contributed by atoms with Gasteiger partial charge in [-0.25, -0.2) is 4.39 Å². The third-order valence-electron chi connectivity index (χ3n) is 3.11. The lowest BCUT2D eigenvalue weighted by Crippen LogP contribution is -2.14. The number of carbonyl (C=O) groups excluding carboxylic acids is 1. The van der Waals surface area contributed by atoms with Crippen LogP contribution in [0.15, 0.2) is 42.5 Å². The first-order valence-corrected chi connectivity index (χ1v) is 6.16. The Morgan fingerprint density at radius 2 is 1.89 bits per heavy atom. The lowest BCUT2D eigenvalue weighted by molar-refractivity contribution is 0.101. The summed E-state index contributed by atoms with van der Waals surface area (Å²) in [5.41, 5.74) is 3.54. The molecule has 19 heavy (non-hydrogen) atoms. The summed E-state index contributed by atoms with van der Waals surface area (Å²) >= 11 is 0. The average Bonchev–Trinajstić information content (AvgIpc) is 2.39. The Hall–Kier alpha value is -2.16. The highest BCUT2D eigenvalue weighted by molar-refractivity contribution is 5.99. The quantitative estimate of drug-likeness (QED) is 0.845. The molecule has 98 valence electrons. The molecule has 0 aliphatic carbocycles. The molecule has 0 atom stereocenters. The SMILES string of the molecule is Cc1ccc(C(=O)CNc2cccc(F)c2)cc1C. The van der Waals surface area contributed by atoms with Crippen molar-refractivity contribution in [2.24, 2.45) is 0 Å². The van der Waals surface area contributed by atoms with Crippen molar-refractivity contribution in [3.05, 3.63) is 65.0 Å². The van der Waals surface area contributed by atoms with Gasteiger partial charge >= 0.3 is 0 Å². The van der Waals surface area contributed by atoms with Crippen LogP contribution in [0.3, 0.4) is 0 Å². The summed E-state index contributed by atoms with van der Waals surface area (Å²) in [4.78, 5) is 12.0. The molecule has 2 aromatic carbocycles. The number of halogens is 1. The Morgan fingerprint density at radius 1 is 1.11 bits per heavy atom. The number of hydrogen-bond donors (Lipinski definition) is 1. The van der Waals surface area contributed by atoms with Crippen molar-refractivity contribution in [3.8, 4) is 0 Å². The van der Waals surface area contributed by atoms with E-state index in [4.69, 9.17) is 0 Å². The van der Waals surface area contributed by atoms with Crippen LogP contribution in [0.1, 0.15) is 21.5 Å². The van der Waals surface area contributed by atoms with Gasteiger partial charge in [0.1, 0.15) is 5.82 Å². The predicted molar refractivity (Wildman–Crippen MR) is 75.1 cm³/mol. The van der Waals surface area contributed by atoms with Gasteiger partial charge in [-0.15, -0.1) is 0 Å². The Balaban J connectivity index is 2.03. The minimum absolute atomic E-state index is 0.00707. The number of Topliss-reactive ketones (excluding diaryl/α,β-unsaturated/α-hetero) is 1. The van der Waals surface area contributed by atoms with Crippen LogP contribution in [0.2, 0.25) is 0 Å². The third kappa shape index (κ3) is 3.41. The molecule has 2 rings (SSSR count). The molecule has 0 heterocycles. The van der Waals surface area contributed by atoms with Crippen molar-refractivity contribution in [2.75, 3.05) is 11.9 Å². The number of anilines is 1. The van der Waals surface area contributed by atoms with E-state index < -0.39 is 0 Å². The summed E-state index contributed by atoms with van der Waals surface area (Å²) in [6.07, 6.45) is 0. The molecule has 0 bridgehead atoms. The van der Waals surface area contributed by atoms with Crippen LogP contribution in [0.25, 0.3) is 0 Å². The van der Waals surface area contributed by atoms with Gasteiger partial charge in [-0.2, -0.15) is 0 Å². The second kappa shape index (κ2) is 5.65. The van der Waals surface area contributed by atoms with Crippen molar-refractivity contribution in [1.29, 1.82) is 0 Å². The van der Waals surface area contributed by atoms with Gasteiger partial charge in [0.05, 0.1) is 6.54 Å². The molecule has 0 saturated carbocycles. The van der Waals surface area contributed by atoms with Gasteiger partial charge in [0.15, 0.2) is 5.78 Å². The lowest BCUT2D eigenvalue weighted by Gasteiger charge is -2.07. The summed E-state index contributed by atoms with van der Waals surface area (Å²) in [6.45, 7) is 4.15. The van der Waals surface area contributed by atoms with Gasteiger partial charge in [-0.05, 0) is 49.2 Å². The maximum absolute atomic E-state index is 13.0. The fourth-order valence-corrected chi connectivity index (χ4v) is 1.80. The minimum Gasteiger partial charge on any atom is -0.377 e. The molecule has 0 aromatic heterocycles. The summed E-state index contributed by atoms with van der Waals surface area (Å²) in [7, 11) is 0. The number of nitrogens with one attached hydrogen (secondary N) is 1. The van der Waals surface area contributed by atoms with Gasteiger partial charge in [0.25, 0.3) is 0 Å². The van der Waals surface area contributed by atoms with E-state index in [0.29, 0.717) is 11.3 Å². The molecular weight excluding hydrogens is 241 g/mol. The molecule has 0 amide bonds. The number of benzene rings is 2. The van der Waals surface area contributed by atoms with E-state index in [2.05, 4.69) is 5.32 Å². The first kappa shape index (κ1) is 13.3. The zero-order chi connectivity index (χ0) is 13.8. The number of carbonyl (C=O) groups is 1. The van der Waals surface area contributed by atoms with Crippen molar-refractivity contribution in [2.45, 2.75) is 13.8 Å². The van der Waals surface area contributed by atoms with Crippen molar-refractivity contribution < 1.29 is 9.18 Å². The first-order valence-electron chi connectivity index (χ1n) is 6.16. The molecule has 0 saturated heterocycles. The molecule has 2 aromatic rings. The number of rotatable bonds is 4. The number of aryl methyl sites for hydroxylation is 2. The molecule has 0 aliphatic heterocycles. The molecule has 3 heteroatoms. The maximum Gasteiger partial charge on any atom is 0.181 e. The zero-order valence-corrected chi connectivity index (χ0v) is 11.0. The molecule has 0 radical (unpaired) electrons. The molecule has 1 N–H and O–H groups in total. The second-order valence-corrected chi connectivity index (χ2v) is 4.59. The highest BCUT2D eigenvalue weighted by atomic mass is 19.1. The normalized spacial score (nSPS) is 10.3. The van der Waals surface area contributed by atoms with E-state index in [1.54, 1.807) is 12.1 Å². The predicted octanol–water partition coefficient (Wildman–Crippen LogP) is 3.74. The maximum atomic E-state index is 13.0. The van der Waals surface area contributed by atoms with Crippen molar-refractivity contribution >= 4 is 11.5 Å². The van der Waals surface area contributed by atoms with Crippen molar-refractivity contribution in [3.63, 3.8) is 0 Å². The molecule has 0 aliphatic rings. The summed E-state index contributed by atoms with van der Waals surface area (Å²) < 4.78 is 13.0. The van der Waals surface area contributed by atoms with Crippen LogP contribution in [0.4, 0.5) is 10.1 Å². The van der Waals surface area contributed by atoms with Crippen LogP contribution in [0.5, 0.6) is 0 Å². The van der Waals surface area contributed by atoms with Crippen LogP contribution in [0, 0.1) is 19.7 Å². The highest BCUT2D eigenvalue weighted by Crippen LogP contribution is 2.12. The fourth-order valence-electron chi connectivity index (χ4n) is 1.80. The largest absolute Gasteiger partial charge is 0.377 e. The monoisotopic (exact) mass is 257 g/mol. The second-order valence-electron chi connectivity index (χ2n) is 4.59. The van der Waals surface area contributed by atoms with Gasteiger partial charge in [-0.1, -0.05) is 18.2 Å². The third-order valence-corrected chi connectivity index (χ3v) is 3.11. The highest BCUT2D eigenvalue weighted by Gasteiger charge is 2.06. The first-order chi connectivity index (χ1) is 9.06. The standard InChI is InChI=1S/C16H16FNO/c1-11-6-7-13(8-12(11)2)16(19)10-18-15-5-3-4-14(17)9-15/h3-9,18H,10H2,1-2H3. The topological polar surface area (TPSA) is 29.1 Å². The van der Waals surface area contributed by atoms with Gasteiger partial charge < -0.3 is 5.32 Å². The zero-order valence-electron chi connectivity index (χ0n) is 11.0. The summed E-state index contributed by atoms with van der Waals surface area (Å²) in [5, 5.41) is 2.93. The van der Waals surface area contributed by atoms with Crippen LogP contribution >= 0.6 is 0 Å². The Labute approximate surface area is 112 Å². The fraction of sp³-hybridized carbons (Fsp3) is 0.188. The molecule has 0 spiro atoms. The van der Waals surface area contributed by atoms with E-state index in [1.165, 1.54) is 12.1 Å². The Morgan fingerprint density at radius 3 is 2.58 bits per heavy atom. The van der Waals surface area contributed by atoms with Crippen LogP contribution < -0.4 is 5.32 Å². The van der Waals surface area contributed by atoms with E-state index in [-0.39, 0.29) is 18.1 Å². The van der Waals surface area contributed by atoms with E-state index in [9.17, 15) is 9.18 Å². The van der Waals surface area contributed by atoms with Crippen LogP contribution in [-0.2, 0) is 0 Å². The molecule has 2 nitrogen and oxygen atoms in total. The minimum atomic E-state index is -0.316. The molecule has 0 fully saturated rings. The Kier molecular flexibility index (Phi) is 3.95.